The summed E-state index contributed by atoms with van der Waals surface area (Å²) in [6.45, 7) is 5.04. The number of thiophene rings is 1. The van der Waals surface area contributed by atoms with E-state index in [2.05, 4.69) is 5.32 Å². The predicted molar refractivity (Wildman–Crippen MR) is 152 cm³/mol. The van der Waals surface area contributed by atoms with Gasteiger partial charge in [0.05, 0.1) is 24.5 Å². The summed E-state index contributed by atoms with van der Waals surface area (Å²) in [7, 11) is 0. The molecule has 12 heteroatoms. The molecule has 1 aromatic carbocycles. The minimum atomic E-state index is -1.18. The highest BCUT2D eigenvalue weighted by Crippen LogP contribution is 2.35. The van der Waals surface area contributed by atoms with Gasteiger partial charge in [-0.15, -0.1) is 23.1 Å². The summed E-state index contributed by atoms with van der Waals surface area (Å²) in [5, 5.41) is 5.13. The minimum absolute atomic E-state index is 0.0675. The van der Waals surface area contributed by atoms with Crippen molar-refractivity contribution >= 4 is 47.1 Å². The van der Waals surface area contributed by atoms with Crippen LogP contribution < -0.4 is 5.32 Å². The van der Waals surface area contributed by atoms with Gasteiger partial charge in [0, 0.05) is 24.1 Å². The Bertz CT molecular complexity index is 1100. The molecule has 0 bridgehead atoms. The van der Waals surface area contributed by atoms with E-state index in [0.29, 0.717) is 18.6 Å². The smallest absolute Gasteiger partial charge is 0.465 e. The number of hydrogen-bond donors (Lipinski definition) is 1. The highest BCUT2D eigenvalue weighted by atomic mass is 32.2. The normalized spacial score (nSPS) is 18.8. The molecule has 10 nitrogen and oxygen atoms in total. The van der Waals surface area contributed by atoms with E-state index in [1.54, 1.807) is 36.9 Å². The van der Waals surface area contributed by atoms with Gasteiger partial charge in [-0.3, -0.25) is 19.7 Å². The number of thioether (sulfide) groups is 1. The lowest BCUT2D eigenvalue weighted by Gasteiger charge is -2.27. The van der Waals surface area contributed by atoms with Gasteiger partial charge >= 0.3 is 18.1 Å². The maximum absolute atomic E-state index is 13.7. The Hall–Kier alpha value is -3.09. The fourth-order valence-electron chi connectivity index (χ4n) is 4.16. The average Bonchev–Trinajstić information content (AvgIpc) is 3.42. The lowest BCUT2D eigenvalue weighted by molar-refractivity contribution is -0.171. The molecule has 3 rings (SSSR count). The maximum atomic E-state index is 13.7. The molecule has 0 saturated carbocycles. The largest absolute Gasteiger partial charge is 0.511 e. The number of amides is 1. The molecule has 2 aromatic rings. The third-order valence-electron chi connectivity index (χ3n) is 6.00. The summed E-state index contributed by atoms with van der Waals surface area (Å²) in [6.07, 6.45) is -1.07. The number of rotatable bonds is 13. The number of aryl methyl sites for hydroxylation is 1. The topological polar surface area (TPSA) is 120 Å². The lowest BCUT2D eigenvalue weighted by Crippen LogP contribution is -2.54. The summed E-state index contributed by atoms with van der Waals surface area (Å²) >= 11 is 3.16. The predicted octanol–water partition coefficient (Wildman–Crippen LogP) is 3.95. The number of esters is 2. The van der Waals surface area contributed by atoms with Crippen LogP contribution in [0.3, 0.4) is 0 Å². The number of carbonyl (C=O) groups excluding carboxylic acids is 4. The first-order chi connectivity index (χ1) is 19.3. The van der Waals surface area contributed by atoms with E-state index in [1.807, 2.05) is 47.8 Å². The Morgan fingerprint density at radius 1 is 1.05 bits per heavy atom. The lowest BCUT2D eigenvalue weighted by atomic mass is 10.0. The molecule has 0 radical (unpaired) electrons. The Morgan fingerprint density at radius 3 is 2.48 bits per heavy atom. The van der Waals surface area contributed by atoms with Crippen LogP contribution in [-0.4, -0.2) is 79.3 Å². The molecule has 2 heterocycles. The molecule has 4 unspecified atom stereocenters. The molecule has 4 atom stereocenters. The zero-order valence-corrected chi connectivity index (χ0v) is 24.5. The molecule has 1 saturated heterocycles. The summed E-state index contributed by atoms with van der Waals surface area (Å²) in [5.74, 6) is -1.08. The van der Waals surface area contributed by atoms with Gasteiger partial charge in [0.15, 0.2) is 0 Å². The van der Waals surface area contributed by atoms with Crippen LogP contribution in [0.25, 0.3) is 0 Å². The van der Waals surface area contributed by atoms with Crippen molar-refractivity contribution in [2.24, 2.45) is 0 Å². The quantitative estimate of drug-likeness (QED) is 0.208. The summed E-state index contributed by atoms with van der Waals surface area (Å²) in [6, 6.07) is 12.3. The van der Waals surface area contributed by atoms with Crippen molar-refractivity contribution in [1.82, 2.24) is 10.2 Å². The van der Waals surface area contributed by atoms with Crippen molar-refractivity contribution in [2.45, 2.75) is 57.2 Å². The van der Waals surface area contributed by atoms with Crippen LogP contribution in [-0.2, 0) is 39.8 Å². The van der Waals surface area contributed by atoms with Gasteiger partial charge in [-0.2, -0.15) is 0 Å². The fraction of sp³-hybridized carbons (Fsp3) is 0.500. The molecular formula is C28H36N2O8S2. The first-order valence-electron chi connectivity index (χ1n) is 13.2. The maximum Gasteiger partial charge on any atom is 0.511 e. The van der Waals surface area contributed by atoms with Crippen molar-refractivity contribution in [3.8, 4) is 0 Å². The van der Waals surface area contributed by atoms with Gasteiger partial charge in [0.25, 0.3) is 0 Å². The third-order valence-corrected chi connectivity index (χ3v) is 8.47. The Balaban J connectivity index is 1.73. The van der Waals surface area contributed by atoms with Crippen molar-refractivity contribution in [3.63, 3.8) is 0 Å². The van der Waals surface area contributed by atoms with E-state index in [9.17, 15) is 19.2 Å². The van der Waals surface area contributed by atoms with Crippen molar-refractivity contribution in [1.29, 1.82) is 0 Å². The number of carbonyl (C=O) groups is 4. The van der Waals surface area contributed by atoms with Crippen LogP contribution >= 0.6 is 23.1 Å². The van der Waals surface area contributed by atoms with E-state index in [1.165, 1.54) is 11.8 Å². The number of nitrogens with one attached hydrogen (secondary N) is 1. The monoisotopic (exact) mass is 592 g/mol. The van der Waals surface area contributed by atoms with E-state index in [4.69, 9.17) is 18.9 Å². The number of benzene rings is 1. The second-order valence-corrected chi connectivity index (χ2v) is 11.2. The van der Waals surface area contributed by atoms with E-state index in [0.717, 1.165) is 10.4 Å². The first-order valence-corrected chi connectivity index (χ1v) is 15.2. The number of hydrogen-bond acceptors (Lipinski definition) is 11. The van der Waals surface area contributed by atoms with Crippen LogP contribution in [0.15, 0.2) is 47.8 Å². The van der Waals surface area contributed by atoms with Gasteiger partial charge in [0.1, 0.15) is 12.6 Å². The second kappa shape index (κ2) is 16.2. The van der Waals surface area contributed by atoms with Crippen molar-refractivity contribution in [3.05, 3.63) is 58.3 Å². The van der Waals surface area contributed by atoms with Crippen LogP contribution in [0.2, 0.25) is 0 Å². The van der Waals surface area contributed by atoms with E-state index >= 15 is 0 Å². The summed E-state index contributed by atoms with van der Waals surface area (Å²) in [5.41, 5.74) is 1.07. The highest BCUT2D eigenvalue weighted by molar-refractivity contribution is 7.99. The van der Waals surface area contributed by atoms with Gasteiger partial charge in [0.2, 0.25) is 12.2 Å². The zero-order chi connectivity index (χ0) is 28.9. The van der Waals surface area contributed by atoms with Crippen molar-refractivity contribution < 1.29 is 38.1 Å². The molecule has 1 amide bonds. The molecule has 1 aliphatic rings. The standard InChI is InChI=1S/C28H36N2O8S2/c1-4-35-27(33)21(14-13-20-10-7-6-8-11-20)29-22-18-40-24(23-12-9-15-39-23)16-30(26(22)32)17-25(31)37-19(3)38-28(34)36-5-2/h6-12,15,19,21-22,24,29H,4-5,13-14,16-18H2,1-3H3. The SMILES string of the molecule is CCOC(=O)OC(C)OC(=O)CN1CC(c2cccs2)SCC(NC(CCc2ccccc2)C(=O)OCC)C1=O. The molecule has 1 N–H and O–H groups in total. The number of nitrogens with zero attached hydrogens (tertiary/aromatic N) is 1. The molecule has 1 aliphatic heterocycles. The molecule has 0 spiro atoms. The zero-order valence-electron chi connectivity index (χ0n) is 22.9. The number of ether oxygens (including phenoxy) is 4. The average molecular weight is 593 g/mol. The van der Waals surface area contributed by atoms with Gasteiger partial charge in [-0.1, -0.05) is 36.4 Å². The Morgan fingerprint density at radius 2 is 1.80 bits per heavy atom. The first kappa shape index (κ1) is 31.4. The van der Waals surface area contributed by atoms with E-state index < -0.39 is 36.5 Å². The minimum Gasteiger partial charge on any atom is -0.465 e. The molecule has 40 heavy (non-hydrogen) atoms. The fourth-order valence-corrected chi connectivity index (χ4v) is 6.42. The van der Waals surface area contributed by atoms with Crippen molar-refractivity contribution in [2.75, 3.05) is 32.1 Å². The summed E-state index contributed by atoms with van der Waals surface area (Å²) < 4.78 is 20.1. The van der Waals surface area contributed by atoms with Crippen LogP contribution in [0.5, 0.6) is 0 Å². The van der Waals surface area contributed by atoms with Crippen LogP contribution in [0.4, 0.5) is 4.79 Å². The second-order valence-electron chi connectivity index (χ2n) is 8.96. The van der Waals surface area contributed by atoms with Gasteiger partial charge < -0.3 is 23.8 Å². The highest BCUT2D eigenvalue weighted by Gasteiger charge is 2.36. The summed E-state index contributed by atoms with van der Waals surface area (Å²) in [4.78, 5) is 53.4. The van der Waals surface area contributed by atoms with E-state index in [-0.39, 0.29) is 37.5 Å². The van der Waals surface area contributed by atoms with Crippen LogP contribution in [0, 0.1) is 0 Å². The third kappa shape index (κ3) is 9.83. The van der Waals surface area contributed by atoms with Gasteiger partial charge in [-0.05, 0) is 43.7 Å². The molecular weight excluding hydrogens is 556 g/mol. The molecule has 0 aliphatic carbocycles. The Kier molecular flexibility index (Phi) is 12.8. The molecule has 1 fully saturated rings. The Labute approximate surface area is 242 Å². The van der Waals surface area contributed by atoms with Crippen LogP contribution in [0.1, 0.15) is 42.9 Å². The molecule has 218 valence electrons. The van der Waals surface area contributed by atoms with Gasteiger partial charge in [-0.25, -0.2) is 4.79 Å². The molecule has 1 aromatic heterocycles.